The molecule has 0 aliphatic heterocycles. The van der Waals surface area contributed by atoms with Gasteiger partial charge in [-0.1, -0.05) is 28.6 Å². The van der Waals surface area contributed by atoms with Crippen LogP contribution in [0.25, 0.3) is 11.3 Å². The Labute approximate surface area is 234 Å². The maximum atomic E-state index is 12.3. The third kappa shape index (κ3) is 9.13. The Balaban J connectivity index is 1.10. The number of aromatic nitrogens is 4. The second-order valence-corrected chi connectivity index (χ2v) is 9.13. The van der Waals surface area contributed by atoms with Gasteiger partial charge in [0.2, 0.25) is 17.7 Å². The molecule has 0 aliphatic rings. The van der Waals surface area contributed by atoms with Crippen LogP contribution in [-0.4, -0.2) is 48.9 Å². The Kier molecular flexibility index (Phi) is 9.91. The van der Waals surface area contributed by atoms with E-state index in [1.165, 1.54) is 6.07 Å². The minimum atomic E-state index is -1.19. The summed E-state index contributed by atoms with van der Waals surface area (Å²) >= 11 is 0. The summed E-state index contributed by atoms with van der Waals surface area (Å²) in [6.07, 6.45) is 3.58. The van der Waals surface area contributed by atoms with Crippen molar-refractivity contribution in [2.45, 2.75) is 45.2 Å². The number of hydrogen-bond acceptors (Lipinski definition) is 8. The van der Waals surface area contributed by atoms with Gasteiger partial charge in [0.1, 0.15) is 5.69 Å². The number of amides is 3. The molecule has 0 spiro atoms. The third-order valence-electron chi connectivity index (χ3n) is 5.91. The van der Waals surface area contributed by atoms with Gasteiger partial charge in [0.05, 0.1) is 12.7 Å². The van der Waals surface area contributed by atoms with Crippen LogP contribution < -0.4 is 16.0 Å². The van der Waals surface area contributed by atoms with E-state index in [1.807, 2.05) is 30.3 Å². The molecule has 0 saturated carbocycles. The number of carbonyl (C=O) groups is 4. The fraction of sp³-hybridized carbons (Fsp3) is 0.250. The number of unbranched alkanes of at least 4 members (excludes halogenated alkanes) is 1. The fourth-order valence-corrected chi connectivity index (χ4v) is 3.79. The lowest BCUT2D eigenvalue weighted by Gasteiger charge is -2.06. The molecule has 41 heavy (non-hydrogen) atoms. The first-order valence-electron chi connectivity index (χ1n) is 13.0. The van der Waals surface area contributed by atoms with Gasteiger partial charge in [-0.3, -0.25) is 19.1 Å². The molecule has 0 saturated heterocycles. The van der Waals surface area contributed by atoms with Gasteiger partial charge in [0.15, 0.2) is 11.5 Å². The highest BCUT2D eigenvalue weighted by Crippen LogP contribution is 2.22. The van der Waals surface area contributed by atoms with Crippen LogP contribution in [-0.2, 0) is 27.5 Å². The van der Waals surface area contributed by atoms with E-state index in [-0.39, 0.29) is 42.8 Å². The number of carbonyl (C=O) groups excluding carboxylic acids is 3. The maximum Gasteiger partial charge on any atom is 0.358 e. The topological polar surface area (TPSA) is 181 Å². The second kappa shape index (κ2) is 14.2. The molecule has 13 nitrogen and oxygen atoms in total. The van der Waals surface area contributed by atoms with Crippen molar-refractivity contribution in [3.05, 3.63) is 78.2 Å². The molecule has 0 radical (unpaired) electrons. The zero-order chi connectivity index (χ0) is 29.0. The standard InChI is InChI=1S/C28H29N7O6/c36-25(13-14-27(38)31-21-11-9-19(10-12-21)24-16-23(28(39)40)33-41-24)29-17-22-18-35(34-32-22)15-5-4-8-26(37)30-20-6-2-1-3-7-20/h1-3,6-7,9-12,16,18H,4-5,8,13-15,17H2,(H,29,36)(H,30,37)(H,31,38)(H,39,40). The van der Waals surface area contributed by atoms with Crippen molar-refractivity contribution in [1.29, 1.82) is 0 Å². The van der Waals surface area contributed by atoms with E-state index in [2.05, 4.69) is 31.4 Å². The summed E-state index contributed by atoms with van der Waals surface area (Å²) in [5, 5.41) is 28.8. The molecule has 2 aromatic carbocycles. The summed E-state index contributed by atoms with van der Waals surface area (Å²) in [7, 11) is 0. The summed E-state index contributed by atoms with van der Waals surface area (Å²) < 4.78 is 6.68. The van der Waals surface area contributed by atoms with Crippen LogP contribution in [0.1, 0.15) is 48.3 Å². The zero-order valence-electron chi connectivity index (χ0n) is 22.1. The highest BCUT2D eigenvalue weighted by molar-refractivity contribution is 5.93. The van der Waals surface area contributed by atoms with E-state index in [1.54, 1.807) is 35.1 Å². The molecule has 4 rings (SSSR count). The average molecular weight is 560 g/mol. The zero-order valence-corrected chi connectivity index (χ0v) is 22.1. The molecule has 3 amide bonds. The quantitative estimate of drug-likeness (QED) is 0.168. The van der Waals surface area contributed by atoms with E-state index in [4.69, 9.17) is 9.63 Å². The summed E-state index contributed by atoms with van der Waals surface area (Å²) in [6.45, 7) is 0.787. The van der Waals surface area contributed by atoms with Gasteiger partial charge in [0, 0.05) is 48.8 Å². The van der Waals surface area contributed by atoms with Gasteiger partial charge in [-0.05, 0) is 49.2 Å². The van der Waals surface area contributed by atoms with Crippen LogP contribution >= 0.6 is 0 Å². The fourth-order valence-electron chi connectivity index (χ4n) is 3.79. The highest BCUT2D eigenvalue weighted by Gasteiger charge is 2.13. The Hall–Kier alpha value is -5.33. The Morgan fingerprint density at radius 2 is 1.51 bits per heavy atom. The maximum absolute atomic E-state index is 12.3. The van der Waals surface area contributed by atoms with Crippen LogP contribution in [0, 0.1) is 0 Å². The van der Waals surface area contributed by atoms with Crippen molar-refractivity contribution < 1.29 is 28.8 Å². The number of benzene rings is 2. The lowest BCUT2D eigenvalue weighted by molar-refractivity contribution is -0.124. The molecule has 13 heteroatoms. The summed E-state index contributed by atoms with van der Waals surface area (Å²) in [6, 6.07) is 17.2. The molecule has 2 aromatic heterocycles. The number of nitrogens with zero attached hydrogens (tertiary/aromatic N) is 4. The minimum Gasteiger partial charge on any atom is -0.476 e. The number of nitrogens with one attached hydrogen (secondary N) is 3. The lowest BCUT2D eigenvalue weighted by Crippen LogP contribution is -2.24. The Morgan fingerprint density at radius 1 is 0.829 bits per heavy atom. The van der Waals surface area contributed by atoms with Crippen molar-refractivity contribution in [2.24, 2.45) is 0 Å². The molecule has 0 atom stereocenters. The molecule has 0 aliphatic carbocycles. The lowest BCUT2D eigenvalue weighted by atomic mass is 10.1. The first kappa shape index (κ1) is 28.7. The molecule has 0 fully saturated rings. The number of anilines is 2. The number of rotatable bonds is 14. The van der Waals surface area contributed by atoms with Crippen molar-refractivity contribution >= 4 is 35.1 Å². The molecule has 4 aromatic rings. The van der Waals surface area contributed by atoms with Gasteiger partial charge >= 0.3 is 5.97 Å². The smallest absolute Gasteiger partial charge is 0.358 e. The summed E-state index contributed by atoms with van der Waals surface area (Å²) in [5.41, 5.74) is 2.29. The van der Waals surface area contributed by atoms with E-state index < -0.39 is 5.97 Å². The van der Waals surface area contributed by atoms with Gasteiger partial charge in [-0.15, -0.1) is 5.10 Å². The first-order valence-corrected chi connectivity index (χ1v) is 13.0. The molecular formula is C28H29N7O6. The number of aromatic carboxylic acids is 1. The van der Waals surface area contributed by atoms with E-state index in [0.717, 1.165) is 12.1 Å². The van der Waals surface area contributed by atoms with Crippen molar-refractivity contribution in [3.8, 4) is 11.3 Å². The first-order chi connectivity index (χ1) is 19.9. The Morgan fingerprint density at radius 3 is 2.22 bits per heavy atom. The third-order valence-corrected chi connectivity index (χ3v) is 5.91. The normalized spacial score (nSPS) is 10.6. The summed E-state index contributed by atoms with van der Waals surface area (Å²) in [4.78, 5) is 47.4. The van der Waals surface area contributed by atoms with E-state index in [9.17, 15) is 19.2 Å². The van der Waals surface area contributed by atoms with Gasteiger partial charge in [-0.25, -0.2) is 4.79 Å². The molecule has 0 unspecified atom stereocenters. The molecule has 212 valence electrons. The number of hydrogen-bond donors (Lipinski definition) is 4. The van der Waals surface area contributed by atoms with Crippen molar-refractivity contribution in [1.82, 2.24) is 25.5 Å². The molecule has 2 heterocycles. The van der Waals surface area contributed by atoms with Crippen LogP contribution in [0.3, 0.4) is 0 Å². The van der Waals surface area contributed by atoms with Gasteiger partial charge < -0.3 is 25.6 Å². The predicted octanol–water partition coefficient (Wildman–Crippen LogP) is 3.48. The van der Waals surface area contributed by atoms with Crippen LogP contribution in [0.2, 0.25) is 0 Å². The highest BCUT2D eigenvalue weighted by atomic mass is 16.5. The largest absolute Gasteiger partial charge is 0.476 e. The average Bonchev–Trinajstić information content (AvgIpc) is 3.65. The molecule has 4 N–H and O–H groups in total. The van der Waals surface area contributed by atoms with Crippen LogP contribution in [0.15, 0.2) is 71.4 Å². The number of para-hydroxylation sites is 1. The Bertz CT molecular complexity index is 1480. The van der Waals surface area contributed by atoms with E-state index >= 15 is 0 Å². The van der Waals surface area contributed by atoms with Crippen molar-refractivity contribution in [3.63, 3.8) is 0 Å². The van der Waals surface area contributed by atoms with Crippen LogP contribution in [0.4, 0.5) is 11.4 Å². The predicted molar refractivity (Wildman–Crippen MR) is 148 cm³/mol. The van der Waals surface area contributed by atoms with E-state index in [0.29, 0.717) is 42.1 Å². The molecular weight excluding hydrogens is 530 g/mol. The summed E-state index contributed by atoms with van der Waals surface area (Å²) in [5.74, 6) is -1.56. The second-order valence-electron chi connectivity index (χ2n) is 9.13. The van der Waals surface area contributed by atoms with Gasteiger partial charge in [-0.2, -0.15) is 0 Å². The van der Waals surface area contributed by atoms with Gasteiger partial charge in [0.25, 0.3) is 0 Å². The van der Waals surface area contributed by atoms with Crippen LogP contribution in [0.5, 0.6) is 0 Å². The molecule has 0 bridgehead atoms. The number of carboxylic acids is 1. The SMILES string of the molecule is O=C(CCC(=O)Nc1ccc(-c2cc(C(=O)O)no2)cc1)NCc1cn(CCCCC(=O)Nc2ccccc2)nn1. The minimum absolute atomic E-state index is 0.000864. The number of aryl methyl sites for hydroxylation is 1. The van der Waals surface area contributed by atoms with Crippen molar-refractivity contribution in [2.75, 3.05) is 10.6 Å². The number of carboxylic acid groups (broad SMARTS) is 1. The monoisotopic (exact) mass is 559 g/mol.